The van der Waals surface area contributed by atoms with Crippen LogP contribution in [0.1, 0.15) is 45.5 Å². The van der Waals surface area contributed by atoms with E-state index < -0.39 is 0 Å². The summed E-state index contributed by atoms with van der Waals surface area (Å²) in [6.07, 6.45) is 3.84. The van der Waals surface area contributed by atoms with Crippen LogP contribution in [0.3, 0.4) is 0 Å². The number of rotatable bonds is 2. The van der Waals surface area contributed by atoms with Crippen molar-refractivity contribution in [1.29, 1.82) is 0 Å². The molecule has 0 saturated carbocycles. The molecule has 0 saturated heterocycles. The highest BCUT2D eigenvalue weighted by Gasteiger charge is 2.09. The molecule has 0 spiro atoms. The Hall–Kier alpha value is -0.870. The Morgan fingerprint density at radius 3 is 2.40 bits per heavy atom. The predicted octanol–water partition coefficient (Wildman–Crippen LogP) is 2.57. The highest BCUT2D eigenvalue weighted by Crippen LogP contribution is 2.16. The molecule has 0 amide bonds. The number of hydrogen-bond donors (Lipinski definition) is 1. The maximum absolute atomic E-state index is 5.60. The van der Waals surface area contributed by atoms with E-state index >= 15 is 0 Å². The minimum atomic E-state index is -0.185. The highest BCUT2D eigenvalue weighted by atomic mass is 35.5. The molecule has 2 N–H and O–H groups in total. The summed E-state index contributed by atoms with van der Waals surface area (Å²) in [5.74, 6) is 1.05. The van der Waals surface area contributed by atoms with Gasteiger partial charge in [-0.05, 0) is 18.4 Å². The van der Waals surface area contributed by atoms with Gasteiger partial charge in [-0.1, -0.05) is 32.0 Å². The summed E-state index contributed by atoms with van der Waals surface area (Å²) in [7, 11) is 0. The van der Waals surface area contributed by atoms with E-state index in [0.717, 1.165) is 0 Å². The molecule has 0 aromatic carbocycles. The molecule has 5 heteroatoms. The molecule has 86 valence electrons. The van der Waals surface area contributed by atoms with Gasteiger partial charge in [-0.2, -0.15) is 4.98 Å². The number of allylic oxidation sites excluding steroid dienone is 1. The Kier molecular flexibility index (Phi) is 4.97. The van der Waals surface area contributed by atoms with E-state index in [1.54, 1.807) is 0 Å². The Bertz CT molecular complexity index is 326. The molecule has 1 heterocycles. The first-order valence-electron chi connectivity index (χ1n) is 4.67. The summed E-state index contributed by atoms with van der Waals surface area (Å²) >= 11 is 0. The van der Waals surface area contributed by atoms with Crippen LogP contribution in [0.2, 0.25) is 0 Å². The molecule has 1 aromatic rings. The average molecular weight is 232 g/mol. The van der Waals surface area contributed by atoms with E-state index in [2.05, 4.69) is 30.9 Å². The summed E-state index contributed by atoms with van der Waals surface area (Å²) in [4.78, 5) is 4.12. The van der Waals surface area contributed by atoms with E-state index in [4.69, 9.17) is 10.3 Å². The van der Waals surface area contributed by atoms with Crippen LogP contribution < -0.4 is 5.73 Å². The lowest BCUT2D eigenvalue weighted by Crippen LogP contribution is -2.06. The minimum Gasteiger partial charge on any atom is -0.335 e. The Balaban J connectivity index is 0.00000196. The van der Waals surface area contributed by atoms with E-state index in [1.807, 2.05) is 19.1 Å². The monoisotopic (exact) mass is 231 g/mol. The third-order valence-corrected chi connectivity index (χ3v) is 1.59. The zero-order valence-corrected chi connectivity index (χ0v) is 10.3. The van der Waals surface area contributed by atoms with Crippen LogP contribution in [0.4, 0.5) is 0 Å². The zero-order valence-electron chi connectivity index (χ0n) is 9.52. The number of aromatic nitrogens is 2. The summed E-state index contributed by atoms with van der Waals surface area (Å²) in [5, 5.41) is 3.75. The molecule has 0 aliphatic rings. The van der Waals surface area contributed by atoms with Crippen molar-refractivity contribution in [2.45, 2.75) is 33.7 Å². The molecule has 0 fully saturated rings. The lowest BCUT2D eigenvalue weighted by molar-refractivity contribution is 0.398. The van der Waals surface area contributed by atoms with Crippen molar-refractivity contribution >= 4 is 18.5 Å². The van der Waals surface area contributed by atoms with Crippen LogP contribution in [0, 0.1) is 5.41 Å². The van der Waals surface area contributed by atoms with Gasteiger partial charge in [0.25, 0.3) is 0 Å². The predicted molar refractivity (Wildman–Crippen MR) is 62.6 cm³/mol. The zero-order chi connectivity index (χ0) is 10.8. The Morgan fingerprint density at radius 1 is 1.40 bits per heavy atom. The van der Waals surface area contributed by atoms with E-state index in [1.165, 1.54) is 0 Å². The van der Waals surface area contributed by atoms with Crippen molar-refractivity contribution in [3.63, 3.8) is 0 Å². The molecule has 0 bridgehead atoms. The van der Waals surface area contributed by atoms with E-state index in [9.17, 15) is 0 Å². The van der Waals surface area contributed by atoms with Gasteiger partial charge >= 0.3 is 0 Å². The molecular weight excluding hydrogens is 214 g/mol. The molecule has 0 radical (unpaired) electrons. The number of nitrogens with two attached hydrogens (primary N) is 1. The SMILES string of the molecule is CC(N)c1noc(/C=C/C(C)(C)C)n1.Cl. The molecule has 1 aromatic heterocycles. The second-order valence-electron chi connectivity index (χ2n) is 4.48. The van der Waals surface area contributed by atoms with Crippen LogP contribution in [0.5, 0.6) is 0 Å². The first kappa shape index (κ1) is 14.1. The van der Waals surface area contributed by atoms with Gasteiger partial charge in [0.05, 0.1) is 6.04 Å². The lowest BCUT2D eigenvalue weighted by atomic mass is 9.96. The molecule has 1 rings (SSSR count). The summed E-state index contributed by atoms with van der Waals surface area (Å²) in [6.45, 7) is 8.13. The Labute approximate surface area is 96.3 Å². The maximum atomic E-state index is 5.60. The fourth-order valence-electron chi connectivity index (χ4n) is 0.821. The van der Waals surface area contributed by atoms with Gasteiger partial charge in [-0.3, -0.25) is 0 Å². The van der Waals surface area contributed by atoms with Gasteiger partial charge in [0, 0.05) is 0 Å². The molecule has 1 unspecified atom stereocenters. The van der Waals surface area contributed by atoms with Crippen molar-refractivity contribution in [2.75, 3.05) is 0 Å². The maximum Gasteiger partial charge on any atom is 0.250 e. The first-order chi connectivity index (χ1) is 6.38. The summed E-state index contributed by atoms with van der Waals surface area (Å²) in [6, 6.07) is -0.185. The quantitative estimate of drug-likeness (QED) is 0.850. The Morgan fingerprint density at radius 2 is 2.00 bits per heavy atom. The third-order valence-electron chi connectivity index (χ3n) is 1.59. The van der Waals surface area contributed by atoms with Crippen molar-refractivity contribution in [2.24, 2.45) is 11.1 Å². The topological polar surface area (TPSA) is 64.9 Å². The minimum absolute atomic E-state index is 0. The molecule has 0 aliphatic carbocycles. The fraction of sp³-hybridized carbons (Fsp3) is 0.600. The molecule has 1 atom stereocenters. The van der Waals surface area contributed by atoms with Crippen LogP contribution in [0.25, 0.3) is 6.08 Å². The van der Waals surface area contributed by atoms with Gasteiger partial charge < -0.3 is 10.3 Å². The van der Waals surface area contributed by atoms with Gasteiger partial charge in [-0.15, -0.1) is 12.4 Å². The number of hydrogen-bond acceptors (Lipinski definition) is 4. The van der Waals surface area contributed by atoms with Crippen LogP contribution >= 0.6 is 12.4 Å². The normalized spacial score (nSPS) is 13.9. The standard InChI is InChI=1S/C10H17N3O.ClH/c1-7(11)9-12-8(14-13-9)5-6-10(2,3)4;/h5-7H,11H2,1-4H3;1H/b6-5+;. The lowest BCUT2D eigenvalue weighted by Gasteiger charge is -2.09. The van der Waals surface area contributed by atoms with Gasteiger partial charge in [0.15, 0.2) is 5.82 Å². The number of nitrogens with zero attached hydrogens (tertiary/aromatic N) is 2. The smallest absolute Gasteiger partial charge is 0.250 e. The van der Waals surface area contributed by atoms with Crippen molar-refractivity contribution < 1.29 is 4.52 Å². The summed E-state index contributed by atoms with van der Waals surface area (Å²) < 4.78 is 4.99. The largest absolute Gasteiger partial charge is 0.335 e. The highest BCUT2D eigenvalue weighted by molar-refractivity contribution is 5.85. The first-order valence-corrected chi connectivity index (χ1v) is 4.67. The summed E-state index contributed by atoms with van der Waals surface area (Å²) in [5.41, 5.74) is 5.71. The van der Waals surface area contributed by atoms with E-state index in [-0.39, 0.29) is 23.9 Å². The second kappa shape index (κ2) is 5.28. The molecule has 0 aliphatic heterocycles. The van der Waals surface area contributed by atoms with Crippen LogP contribution in [0.15, 0.2) is 10.6 Å². The van der Waals surface area contributed by atoms with Crippen molar-refractivity contribution in [3.05, 3.63) is 17.8 Å². The number of halogens is 1. The van der Waals surface area contributed by atoms with Crippen LogP contribution in [-0.4, -0.2) is 10.1 Å². The molecular formula is C10H18ClN3O. The van der Waals surface area contributed by atoms with Gasteiger partial charge in [0.2, 0.25) is 5.89 Å². The average Bonchev–Trinajstić information content (AvgIpc) is 2.47. The van der Waals surface area contributed by atoms with E-state index in [0.29, 0.717) is 11.7 Å². The fourth-order valence-corrected chi connectivity index (χ4v) is 0.821. The molecule has 4 nitrogen and oxygen atoms in total. The van der Waals surface area contributed by atoms with Crippen molar-refractivity contribution in [3.8, 4) is 0 Å². The van der Waals surface area contributed by atoms with Crippen molar-refractivity contribution in [1.82, 2.24) is 10.1 Å². The van der Waals surface area contributed by atoms with Gasteiger partial charge in [-0.25, -0.2) is 0 Å². The second-order valence-corrected chi connectivity index (χ2v) is 4.48. The van der Waals surface area contributed by atoms with Crippen LogP contribution in [-0.2, 0) is 0 Å². The third kappa shape index (κ3) is 4.95. The molecule has 15 heavy (non-hydrogen) atoms. The van der Waals surface area contributed by atoms with Gasteiger partial charge in [0.1, 0.15) is 0 Å².